The molecule has 0 aliphatic rings. The van der Waals surface area contributed by atoms with E-state index in [1.165, 1.54) is 0 Å². The van der Waals surface area contributed by atoms with Crippen LogP contribution in [0.3, 0.4) is 0 Å². The van der Waals surface area contributed by atoms with Gasteiger partial charge in [0.1, 0.15) is 0 Å². The van der Waals surface area contributed by atoms with E-state index in [1.54, 1.807) is 0 Å². The van der Waals surface area contributed by atoms with Crippen molar-refractivity contribution in [2.24, 2.45) is 0 Å². The monoisotopic (exact) mass is 281 g/mol. The third-order valence-corrected chi connectivity index (χ3v) is 3.11. The molecule has 2 N–H and O–H groups in total. The molecular weight excluding hydrogens is 265 g/mol. The van der Waals surface area contributed by atoms with E-state index in [9.17, 15) is 18.1 Å². The van der Waals surface area contributed by atoms with E-state index in [-0.39, 0.29) is 36.1 Å². The van der Waals surface area contributed by atoms with Gasteiger partial charge in [-0.1, -0.05) is 12.1 Å². The van der Waals surface area contributed by atoms with Crippen LogP contribution in [-0.4, -0.2) is 36.5 Å². The predicted molar refractivity (Wildman–Crippen MR) is 65.0 cm³/mol. The van der Waals surface area contributed by atoms with Crippen LogP contribution in [0.2, 0.25) is 0 Å². The SMILES string of the molecule is Cc1ccc(C)c(NCC(O)CS(=O)(=O)[O-])c1.[Na+]. The largest absolute Gasteiger partial charge is 1.00 e. The van der Waals surface area contributed by atoms with Crippen molar-refractivity contribution in [3.05, 3.63) is 29.3 Å². The molecule has 0 saturated heterocycles. The number of hydrogen-bond donors (Lipinski definition) is 2. The van der Waals surface area contributed by atoms with E-state index in [1.807, 2.05) is 32.0 Å². The second-order valence-electron chi connectivity index (χ2n) is 4.08. The first kappa shape index (κ1) is 17.9. The van der Waals surface area contributed by atoms with Crippen molar-refractivity contribution in [1.82, 2.24) is 0 Å². The Morgan fingerprint density at radius 1 is 1.39 bits per heavy atom. The summed E-state index contributed by atoms with van der Waals surface area (Å²) >= 11 is 0. The predicted octanol–water partition coefficient (Wildman–Crippen LogP) is -2.37. The van der Waals surface area contributed by atoms with Crippen LogP contribution in [0.4, 0.5) is 5.69 Å². The zero-order valence-electron chi connectivity index (χ0n) is 10.8. The van der Waals surface area contributed by atoms with Crippen LogP contribution in [-0.2, 0) is 10.1 Å². The Hall–Kier alpha value is -0.110. The van der Waals surface area contributed by atoms with E-state index in [4.69, 9.17) is 0 Å². The van der Waals surface area contributed by atoms with Gasteiger partial charge in [0.2, 0.25) is 0 Å². The third-order valence-electron chi connectivity index (χ3n) is 2.32. The van der Waals surface area contributed by atoms with E-state index in [2.05, 4.69) is 5.32 Å². The molecule has 96 valence electrons. The molecule has 1 unspecified atom stereocenters. The minimum atomic E-state index is -4.39. The number of aryl methyl sites for hydroxylation is 2. The van der Waals surface area contributed by atoms with Gasteiger partial charge in [-0.2, -0.15) is 0 Å². The summed E-state index contributed by atoms with van der Waals surface area (Å²) in [5, 5.41) is 12.3. The van der Waals surface area contributed by atoms with Crippen molar-refractivity contribution in [2.75, 3.05) is 17.6 Å². The number of anilines is 1. The maximum absolute atomic E-state index is 10.4. The molecule has 1 rings (SSSR count). The quantitative estimate of drug-likeness (QED) is 0.465. The second kappa shape index (κ2) is 7.47. The Morgan fingerprint density at radius 2 is 2.00 bits per heavy atom. The van der Waals surface area contributed by atoms with Crippen LogP contribution >= 0.6 is 0 Å². The van der Waals surface area contributed by atoms with Gasteiger partial charge in [0.25, 0.3) is 0 Å². The summed E-state index contributed by atoms with van der Waals surface area (Å²) in [6, 6.07) is 5.78. The summed E-state index contributed by atoms with van der Waals surface area (Å²) in [4.78, 5) is 0. The maximum Gasteiger partial charge on any atom is 1.00 e. The van der Waals surface area contributed by atoms with Crippen LogP contribution in [0.5, 0.6) is 0 Å². The Balaban J connectivity index is 0.00000289. The van der Waals surface area contributed by atoms with Gasteiger partial charge in [0.05, 0.1) is 22.0 Å². The van der Waals surface area contributed by atoms with Crippen LogP contribution in [0.15, 0.2) is 18.2 Å². The molecule has 0 saturated carbocycles. The van der Waals surface area contributed by atoms with Gasteiger partial charge < -0.3 is 15.0 Å². The summed E-state index contributed by atoms with van der Waals surface area (Å²) in [6.07, 6.45) is -1.20. The molecule has 0 amide bonds. The number of aliphatic hydroxyl groups excluding tert-OH is 1. The molecule has 0 heterocycles. The molecule has 1 atom stereocenters. The summed E-state index contributed by atoms with van der Waals surface area (Å²) in [5.74, 6) is -0.773. The molecule has 0 spiro atoms. The molecule has 5 nitrogen and oxygen atoms in total. The van der Waals surface area contributed by atoms with Gasteiger partial charge in [0.15, 0.2) is 0 Å². The van der Waals surface area contributed by atoms with Crippen molar-refractivity contribution >= 4 is 15.8 Å². The molecular formula is C11H16NNaO4S. The van der Waals surface area contributed by atoms with Crippen LogP contribution in [0.1, 0.15) is 11.1 Å². The van der Waals surface area contributed by atoms with Crippen LogP contribution in [0.25, 0.3) is 0 Å². The van der Waals surface area contributed by atoms with E-state index < -0.39 is 22.0 Å². The van der Waals surface area contributed by atoms with Gasteiger partial charge >= 0.3 is 29.6 Å². The van der Waals surface area contributed by atoms with E-state index in [0.29, 0.717) is 0 Å². The average molecular weight is 281 g/mol. The Morgan fingerprint density at radius 3 is 2.56 bits per heavy atom. The van der Waals surface area contributed by atoms with Gasteiger partial charge in [-0.05, 0) is 31.0 Å². The first-order chi connectivity index (χ1) is 7.78. The zero-order chi connectivity index (χ0) is 13.1. The number of aliphatic hydroxyl groups is 1. The van der Waals surface area contributed by atoms with Crippen molar-refractivity contribution in [2.45, 2.75) is 20.0 Å². The van der Waals surface area contributed by atoms with Gasteiger partial charge in [-0.3, -0.25) is 0 Å². The molecule has 1 aromatic carbocycles. The molecule has 1 aromatic rings. The molecule has 0 aliphatic heterocycles. The molecule has 0 bridgehead atoms. The molecule has 0 radical (unpaired) electrons. The van der Waals surface area contributed by atoms with Crippen molar-refractivity contribution in [3.8, 4) is 0 Å². The minimum Gasteiger partial charge on any atom is -0.748 e. The van der Waals surface area contributed by atoms with Gasteiger partial charge in [0, 0.05) is 12.2 Å². The third kappa shape index (κ3) is 6.72. The Kier molecular flexibility index (Phi) is 7.43. The number of rotatable bonds is 5. The summed E-state index contributed by atoms with van der Waals surface area (Å²) in [6.45, 7) is 3.87. The fraction of sp³-hybridized carbons (Fsp3) is 0.455. The number of nitrogens with one attached hydrogen (secondary N) is 1. The van der Waals surface area contributed by atoms with Gasteiger partial charge in [-0.15, -0.1) is 0 Å². The molecule has 7 heteroatoms. The van der Waals surface area contributed by atoms with Crippen molar-refractivity contribution < 1.29 is 47.6 Å². The van der Waals surface area contributed by atoms with E-state index in [0.717, 1.165) is 16.8 Å². The second-order valence-corrected chi connectivity index (χ2v) is 5.53. The molecule has 0 aromatic heterocycles. The average Bonchev–Trinajstić information content (AvgIpc) is 2.17. The van der Waals surface area contributed by atoms with Crippen LogP contribution in [0, 0.1) is 13.8 Å². The maximum atomic E-state index is 10.4. The Bertz CT molecular complexity index is 490. The normalized spacial score (nSPS) is 12.7. The molecule has 18 heavy (non-hydrogen) atoms. The topological polar surface area (TPSA) is 89.5 Å². The first-order valence-corrected chi connectivity index (χ1v) is 6.78. The standard InChI is InChI=1S/C11H17NO4S.Na/c1-8-3-4-9(2)11(5-8)12-6-10(13)7-17(14,15)16;/h3-5,10,12-13H,6-7H2,1-2H3,(H,14,15,16);/q;+1/p-1. The fourth-order valence-corrected chi connectivity index (χ4v) is 2.04. The summed E-state index contributed by atoms with van der Waals surface area (Å²) < 4.78 is 31.3. The molecule has 0 fully saturated rings. The number of hydrogen-bond acceptors (Lipinski definition) is 5. The summed E-state index contributed by atoms with van der Waals surface area (Å²) in [5.41, 5.74) is 2.88. The summed E-state index contributed by atoms with van der Waals surface area (Å²) in [7, 11) is -4.39. The van der Waals surface area contributed by atoms with Crippen molar-refractivity contribution in [3.63, 3.8) is 0 Å². The van der Waals surface area contributed by atoms with Crippen LogP contribution < -0.4 is 34.9 Å². The minimum absolute atomic E-state index is 0. The smallest absolute Gasteiger partial charge is 0.748 e. The molecule has 0 aliphatic carbocycles. The van der Waals surface area contributed by atoms with Gasteiger partial charge in [-0.25, -0.2) is 8.42 Å². The first-order valence-electron chi connectivity index (χ1n) is 5.20. The number of benzene rings is 1. The fourth-order valence-electron chi connectivity index (χ4n) is 1.45. The van der Waals surface area contributed by atoms with E-state index >= 15 is 0 Å². The van der Waals surface area contributed by atoms with Crippen molar-refractivity contribution in [1.29, 1.82) is 0 Å². The Labute approximate surface area is 130 Å². The zero-order valence-corrected chi connectivity index (χ0v) is 13.6.